The summed E-state index contributed by atoms with van der Waals surface area (Å²) in [5, 5.41) is 2.64. The van der Waals surface area contributed by atoms with Gasteiger partial charge in [0.2, 0.25) is 0 Å². The first kappa shape index (κ1) is 17.9. The van der Waals surface area contributed by atoms with E-state index in [1.165, 1.54) is 0 Å². The van der Waals surface area contributed by atoms with Crippen LogP contribution in [-0.2, 0) is 30.6 Å². The number of nitrogens with one attached hydrogen (secondary N) is 1. The van der Waals surface area contributed by atoms with Crippen molar-refractivity contribution in [1.29, 1.82) is 0 Å². The van der Waals surface area contributed by atoms with Crippen LogP contribution >= 0.6 is 15.9 Å². The van der Waals surface area contributed by atoms with Crippen molar-refractivity contribution in [2.75, 3.05) is 18.1 Å². The lowest BCUT2D eigenvalue weighted by atomic mass is 10.0. The molecule has 0 unspecified atom stereocenters. The van der Waals surface area contributed by atoms with Crippen LogP contribution < -0.4 is 5.32 Å². The molecule has 1 aromatic carbocycles. The van der Waals surface area contributed by atoms with Crippen molar-refractivity contribution in [3.8, 4) is 0 Å². The molecule has 1 atom stereocenters. The largest absolute Gasteiger partial charge is 0.455 e. The number of carbonyl (C=O) groups excluding carboxylic acids is 2. The third-order valence-corrected chi connectivity index (χ3v) is 6.00. The fourth-order valence-corrected chi connectivity index (χ4v) is 4.81. The van der Waals surface area contributed by atoms with Crippen molar-refractivity contribution in [2.45, 2.75) is 25.3 Å². The number of hydrogen-bond donors (Lipinski definition) is 1. The summed E-state index contributed by atoms with van der Waals surface area (Å²) in [6, 6.07) is 7.21. The predicted octanol–water partition coefficient (Wildman–Crippen LogP) is 1.23. The van der Waals surface area contributed by atoms with Gasteiger partial charge in [0.05, 0.1) is 23.5 Å². The number of esters is 1. The molecule has 126 valence electrons. The van der Waals surface area contributed by atoms with E-state index in [9.17, 15) is 18.0 Å². The zero-order valence-corrected chi connectivity index (χ0v) is 15.1. The lowest BCUT2D eigenvalue weighted by Crippen LogP contribution is -2.48. The number of carbonyl (C=O) groups is 2. The van der Waals surface area contributed by atoms with E-state index in [0.717, 1.165) is 10.0 Å². The van der Waals surface area contributed by atoms with Crippen molar-refractivity contribution < 1.29 is 22.7 Å². The molecular weight excluding hydrogens is 386 g/mol. The van der Waals surface area contributed by atoms with Crippen molar-refractivity contribution in [2.24, 2.45) is 0 Å². The van der Waals surface area contributed by atoms with Crippen LogP contribution in [0.25, 0.3) is 0 Å². The number of benzene rings is 1. The number of rotatable bonds is 5. The quantitative estimate of drug-likeness (QED) is 0.746. The second-order valence-corrected chi connectivity index (χ2v) is 9.01. The molecule has 1 amide bonds. The molecule has 0 aromatic heterocycles. The maximum Gasteiger partial charge on any atom is 0.310 e. The number of amides is 1. The maximum absolute atomic E-state index is 11.8. The monoisotopic (exact) mass is 403 g/mol. The second-order valence-electron chi connectivity index (χ2n) is 5.91. The van der Waals surface area contributed by atoms with Gasteiger partial charge in [0, 0.05) is 4.47 Å². The van der Waals surface area contributed by atoms with E-state index in [2.05, 4.69) is 21.2 Å². The molecule has 2 rings (SSSR count). The molecule has 1 aliphatic rings. The molecule has 1 aromatic rings. The Morgan fingerprint density at radius 3 is 2.52 bits per heavy atom. The molecule has 0 aliphatic carbocycles. The van der Waals surface area contributed by atoms with Crippen LogP contribution in [0.5, 0.6) is 0 Å². The van der Waals surface area contributed by atoms with Gasteiger partial charge < -0.3 is 10.1 Å². The molecule has 0 bridgehead atoms. The average molecular weight is 404 g/mol. The topological polar surface area (TPSA) is 89.5 Å². The van der Waals surface area contributed by atoms with Gasteiger partial charge in [0.15, 0.2) is 16.4 Å². The summed E-state index contributed by atoms with van der Waals surface area (Å²) in [5.41, 5.74) is 0.000983. The molecule has 0 radical (unpaired) electrons. The average Bonchev–Trinajstić information content (AvgIpc) is 2.73. The van der Waals surface area contributed by atoms with Gasteiger partial charge in [-0.15, -0.1) is 0 Å². The van der Waals surface area contributed by atoms with Gasteiger partial charge >= 0.3 is 5.97 Å². The molecule has 1 saturated heterocycles. The first-order valence-corrected chi connectivity index (χ1v) is 9.70. The number of sulfone groups is 1. The molecular formula is C15H18BrNO5S. The Hall–Kier alpha value is -1.41. The molecule has 23 heavy (non-hydrogen) atoms. The minimum Gasteiger partial charge on any atom is -0.455 e. The van der Waals surface area contributed by atoms with E-state index in [-0.39, 0.29) is 17.9 Å². The number of halogens is 1. The van der Waals surface area contributed by atoms with Gasteiger partial charge in [-0.05, 0) is 31.0 Å². The first-order chi connectivity index (χ1) is 10.7. The van der Waals surface area contributed by atoms with Gasteiger partial charge in [0.25, 0.3) is 5.91 Å². The van der Waals surface area contributed by atoms with E-state index in [1.54, 1.807) is 19.1 Å². The summed E-state index contributed by atoms with van der Waals surface area (Å²) in [4.78, 5) is 23.5. The minimum atomic E-state index is -3.10. The summed E-state index contributed by atoms with van der Waals surface area (Å²) in [7, 11) is -3.10. The standard InChI is InChI=1S/C15H18BrNO5S/c1-15(6-7-23(20,21)10-15)17-13(18)9-22-14(19)8-11-2-4-12(16)5-3-11/h2-5H,6-10H2,1H3,(H,17,18)/t15-/m0/s1. The highest BCUT2D eigenvalue weighted by Gasteiger charge is 2.39. The third kappa shape index (κ3) is 5.62. The molecule has 6 nitrogen and oxygen atoms in total. The van der Waals surface area contributed by atoms with Crippen LogP contribution in [0.3, 0.4) is 0 Å². The maximum atomic E-state index is 11.8. The van der Waals surface area contributed by atoms with Gasteiger partial charge in [-0.3, -0.25) is 9.59 Å². The molecule has 8 heteroatoms. The van der Waals surface area contributed by atoms with Crippen LogP contribution in [0.1, 0.15) is 18.9 Å². The van der Waals surface area contributed by atoms with Crippen molar-refractivity contribution in [3.63, 3.8) is 0 Å². The fourth-order valence-electron chi connectivity index (χ4n) is 2.45. The zero-order valence-electron chi connectivity index (χ0n) is 12.7. The summed E-state index contributed by atoms with van der Waals surface area (Å²) in [5.74, 6) is -1.02. The van der Waals surface area contributed by atoms with Gasteiger partial charge in [-0.25, -0.2) is 8.42 Å². The predicted molar refractivity (Wildman–Crippen MR) is 88.6 cm³/mol. The van der Waals surface area contributed by atoms with Crippen molar-refractivity contribution in [1.82, 2.24) is 5.32 Å². The third-order valence-electron chi connectivity index (χ3n) is 3.57. The Morgan fingerprint density at radius 1 is 1.30 bits per heavy atom. The van der Waals surface area contributed by atoms with Crippen molar-refractivity contribution >= 4 is 37.6 Å². The second kappa shape index (κ2) is 7.00. The summed E-state index contributed by atoms with van der Waals surface area (Å²) in [6.45, 7) is 1.27. The van der Waals surface area contributed by atoms with Gasteiger partial charge in [-0.2, -0.15) is 0 Å². The highest BCUT2D eigenvalue weighted by Crippen LogP contribution is 2.22. The normalized spacial score (nSPS) is 22.5. The molecule has 1 fully saturated rings. The van der Waals surface area contributed by atoms with Gasteiger partial charge in [0.1, 0.15) is 0 Å². The van der Waals surface area contributed by atoms with E-state index < -0.39 is 33.9 Å². The molecule has 0 saturated carbocycles. The van der Waals surface area contributed by atoms with E-state index in [0.29, 0.717) is 6.42 Å². The van der Waals surface area contributed by atoms with Crippen LogP contribution in [0.2, 0.25) is 0 Å². The highest BCUT2D eigenvalue weighted by molar-refractivity contribution is 9.10. The highest BCUT2D eigenvalue weighted by atomic mass is 79.9. The first-order valence-electron chi connectivity index (χ1n) is 7.09. The minimum absolute atomic E-state index is 0.0626. The van der Waals surface area contributed by atoms with Crippen LogP contribution in [0.4, 0.5) is 0 Å². The lowest BCUT2D eigenvalue weighted by molar-refractivity contribution is -0.148. The molecule has 1 N–H and O–H groups in total. The number of hydrogen-bond acceptors (Lipinski definition) is 5. The Morgan fingerprint density at radius 2 is 1.96 bits per heavy atom. The number of ether oxygens (including phenoxy) is 1. The molecule has 0 spiro atoms. The Labute approximate surface area is 143 Å². The molecule has 1 heterocycles. The Balaban J connectivity index is 1.78. The van der Waals surface area contributed by atoms with E-state index >= 15 is 0 Å². The lowest BCUT2D eigenvalue weighted by Gasteiger charge is -2.23. The van der Waals surface area contributed by atoms with Crippen molar-refractivity contribution in [3.05, 3.63) is 34.3 Å². The fraction of sp³-hybridized carbons (Fsp3) is 0.467. The van der Waals surface area contributed by atoms with Crippen LogP contribution in [0, 0.1) is 0 Å². The summed E-state index contributed by atoms with van der Waals surface area (Å²) in [6.07, 6.45) is 0.445. The van der Waals surface area contributed by atoms with Crippen LogP contribution in [-0.4, -0.2) is 43.9 Å². The van der Waals surface area contributed by atoms with Crippen LogP contribution in [0.15, 0.2) is 28.7 Å². The van der Waals surface area contributed by atoms with Gasteiger partial charge in [-0.1, -0.05) is 28.1 Å². The summed E-state index contributed by atoms with van der Waals surface area (Å²) >= 11 is 3.30. The SMILES string of the molecule is C[C@]1(NC(=O)COC(=O)Cc2ccc(Br)cc2)CCS(=O)(=O)C1. The summed E-state index contributed by atoms with van der Waals surface area (Å²) < 4.78 is 28.8. The molecule has 1 aliphatic heterocycles. The Kier molecular flexibility index (Phi) is 5.46. The van der Waals surface area contributed by atoms with E-state index in [4.69, 9.17) is 4.74 Å². The Bertz CT molecular complexity index is 701. The van der Waals surface area contributed by atoms with E-state index in [1.807, 2.05) is 12.1 Å². The zero-order chi connectivity index (χ0) is 17.1. The smallest absolute Gasteiger partial charge is 0.310 e.